The molecule has 0 aliphatic rings. The van der Waals surface area contributed by atoms with Gasteiger partial charge in [0.15, 0.2) is 0 Å². The predicted octanol–water partition coefficient (Wildman–Crippen LogP) is 1.56. The highest BCUT2D eigenvalue weighted by Crippen LogP contribution is 2.08. The molecular weight excluding hydrogens is 134 g/mol. The van der Waals surface area contributed by atoms with Crippen LogP contribution in [0.1, 0.15) is 11.1 Å². The maximum Gasteiger partial charge on any atom is -0.00366 e. The number of rotatable bonds is 3. The Bertz CT molecular complexity index is 218. The predicted molar refractivity (Wildman–Crippen MR) is 48.3 cm³/mol. The van der Waals surface area contributed by atoms with Crippen LogP contribution in [0.5, 0.6) is 0 Å². The Kier molecular flexibility index (Phi) is 3.12. The molecule has 11 heavy (non-hydrogen) atoms. The maximum absolute atomic E-state index is 5.46. The summed E-state index contributed by atoms with van der Waals surface area (Å²) in [6.07, 6.45) is 1.82. The van der Waals surface area contributed by atoms with Crippen molar-refractivity contribution in [2.24, 2.45) is 5.73 Å². The van der Waals surface area contributed by atoms with Crippen LogP contribution in [0.15, 0.2) is 24.3 Å². The van der Waals surface area contributed by atoms with Crippen LogP contribution in [0.25, 0.3) is 0 Å². The highest BCUT2D eigenvalue weighted by molar-refractivity contribution is 5.27. The lowest BCUT2D eigenvalue weighted by Gasteiger charge is -2.04. The molecule has 0 fully saturated rings. The van der Waals surface area contributed by atoms with Gasteiger partial charge in [-0.05, 0) is 37.4 Å². The van der Waals surface area contributed by atoms with E-state index in [4.69, 9.17) is 5.73 Å². The standard InChI is InChI=1S/C10H14N/c1-2-9-5-3-4-6-10(9)7-8-11/h3-6H,1-2,7-8,11H2. The van der Waals surface area contributed by atoms with E-state index in [9.17, 15) is 0 Å². The van der Waals surface area contributed by atoms with E-state index in [1.54, 1.807) is 0 Å². The number of hydrogen-bond donors (Lipinski definition) is 1. The Balaban J connectivity index is 2.83. The third-order valence-electron chi connectivity index (χ3n) is 1.80. The Morgan fingerprint density at radius 3 is 2.36 bits per heavy atom. The summed E-state index contributed by atoms with van der Waals surface area (Å²) >= 11 is 0. The van der Waals surface area contributed by atoms with Gasteiger partial charge in [0.1, 0.15) is 0 Å². The average Bonchev–Trinajstić information content (AvgIpc) is 2.06. The van der Waals surface area contributed by atoms with Crippen LogP contribution in [0.2, 0.25) is 0 Å². The summed E-state index contributed by atoms with van der Waals surface area (Å²) in [5.74, 6) is 0. The van der Waals surface area contributed by atoms with Crippen LogP contribution in [0.4, 0.5) is 0 Å². The van der Waals surface area contributed by atoms with Crippen LogP contribution >= 0.6 is 0 Å². The van der Waals surface area contributed by atoms with Crippen molar-refractivity contribution < 1.29 is 0 Å². The molecule has 0 aliphatic heterocycles. The normalized spacial score (nSPS) is 10.0. The summed E-state index contributed by atoms with van der Waals surface area (Å²) in [4.78, 5) is 0. The zero-order valence-electron chi connectivity index (χ0n) is 6.72. The third kappa shape index (κ3) is 2.05. The molecule has 0 bridgehead atoms. The molecule has 0 unspecified atom stereocenters. The molecule has 1 aromatic rings. The van der Waals surface area contributed by atoms with Crippen molar-refractivity contribution >= 4 is 0 Å². The molecule has 1 heteroatoms. The Hall–Kier alpha value is -0.820. The van der Waals surface area contributed by atoms with Crippen molar-refractivity contribution in [2.75, 3.05) is 6.54 Å². The van der Waals surface area contributed by atoms with Gasteiger partial charge in [0.2, 0.25) is 0 Å². The van der Waals surface area contributed by atoms with Gasteiger partial charge in [-0.1, -0.05) is 24.3 Å². The van der Waals surface area contributed by atoms with Crippen LogP contribution < -0.4 is 5.73 Å². The molecule has 1 nitrogen and oxygen atoms in total. The second-order valence-corrected chi connectivity index (χ2v) is 2.56. The highest BCUT2D eigenvalue weighted by atomic mass is 14.5. The summed E-state index contributed by atoms with van der Waals surface area (Å²) in [6, 6.07) is 8.32. The quantitative estimate of drug-likeness (QED) is 0.691. The lowest BCUT2D eigenvalue weighted by Crippen LogP contribution is -2.04. The van der Waals surface area contributed by atoms with Crippen molar-refractivity contribution in [3.05, 3.63) is 42.3 Å². The van der Waals surface area contributed by atoms with Gasteiger partial charge in [-0.25, -0.2) is 0 Å². The molecule has 0 aromatic heterocycles. The number of nitrogens with two attached hydrogens (primary N) is 1. The van der Waals surface area contributed by atoms with Crippen LogP contribution in [0.3, 0.4) is 0 Å². The van der Waals surface area contributed by atoms with Gasteiger partial charge in [0.25, 0.3) is 0 Å². The SMILES string of the molecule is [CH2]Cc1ccccc1CCN. The van der Waals surface area contributed by atoms with Crippen molar-refractivity contribution in [1.29, 1.82) is 0 Å². The summed E-state index contributed by atoms with van der Waals surface area (Å²) < 4.78 is 0. The van der Waals surface area contributed by atoms with Gasteiger partial charge < -0.3 is 5.73 Å². The monoisotopic (exact) mass is 148 g/mol. The van der Waals surface area contributed by atoms with E-state index in [0.717, 1.165) is 19.4 Å². The number of hydrogen-bond acceptors (Lipinski definition) is 1. The molecule has 0 saturated heterocycles. The molecule has 0 saturated carbocycles. The lowest BCUT2D eigenvalue weighted by atomic mass is 10.0. The fraction of sp³-hybridized carbons (Fsp3) is 0.300. The zero-order valence-corrected chi connectivity index (χ0v) is 6.72. The van der Waals surface area contributed by atoms with E-state index in [1.165, 1.54) is 11.1 Å². The van der Waals surface area contributed by atoms with E-state index in [-0.39, 0.29) is 0 Å². The maximum atomic E-state index is 5.46. The van der Waals surface area contributed by atoms with E-state index in [1.807, 2.05) is 12.1 Å². The molecule has 0 spiro atoms. The summed E-state index contributed by atoms with van der Waals surface area (Å²) in [5.41, 5.74) is 8.12. The molecule has 0 aliphatic carbocycles. The smallest absolute Gasteiger partial charge is 0.00366 e. The molecule has 1 rings (SSSR count). The second kappa shape index (κ2) is 4.14. The third-order valence-corrected chi connectivity index (χ3v) is 1.80. The van der Waals surface area contributed by atoms with Gasteiger partial charge >= 0.3 is 0 Å². The van der Waals surface area contributed by atoms with Crippen LogP contribution in [0, 0.1) is 6.92 Å². The summed E-state index contributed by atoms with van der Waals surface area (Å²) in [5, 5.41) is 0. The van der Waals surface area contributed by atoms with Gasteiger partial charge in [-0.3, -0.25) is 0 Å². The molecule has 1 aromatic carbocycles. The fourth-order valence-corrected chi connectivity index (χ4v) is 1.20. The van der Waals surface area contributed by atoms with Gasteiger partial charge in [-0.2, -0.15) is 0 Å². The van der Waals surface area contributed by atoms with E-state index in [0.29, 0.717) is 0 Å². The van der Waals surface area contributed by atoms with Crippen LogP contribution in [-0.2, 0) is 12.8 Å². The van der Waals surface area contributed by atoms with E-state index < -0.39 is 0 Å². The second-order valence-electron chi connectivity index (χ2n) is 2.56. The molecule has 0 amide bonds. The van der Waals surface area contributed by atoms with Crippen molar-refractivity contribution in [2.45, 2.75) is 12.8 Å². The Morgan fingerprint density at radius 1 is 1.18 bits per heavy atom. The molecule has 59 valence electrons. The average molecular weight is 148 g/mol. The van der Waals surface area contributed by atoms with Gasteiger partial charge in [0, 0.05) is 0 Å². The Morgan fingerprint density at radius 2 is 1.82 bits per heavy atom. The molecule has 0 atom stereocenters. The first-order chi connectivity index (χ1) is 5.38. The topological polar surface area (TPSA) is 26.0 Å². The van der Waals surface area contributed by atoms with E-state index >= 15 is 0 Å². The van der Waals surface area contributed by atoms with Gasteiger partial charge in [0.05, 0.1) is 0 Å². The minimum absolute atomic E-state index is 0.719. The summed E-state index contributed by atoms with van der Waals surface area (Å²) in [6.45, 7) is 4.58. The Labute approximate surface area is 68.2 Å². The minimum atomic E-state index is 0.719. The highest BCUT2D eigenvalue weighted by Gasteiger charge is 1.96. The first-order valence-electron chi connectivity index (χ1n) is 3.94. The lowest BCUT2D eigenvalue weighted by molar-refractivity contribution is 0.949. The summed E-state index contributed by atoms with van der Waals surface area (Å²) in [7, 11) is 0. The first-order valence-corrected chi connectivity index (χ1v) is 3.94. The molecular formula is C10H14N. The molecule has 0 heterocycles. The molecule has 1 radical (unpaired) electrons. The number of benzene rings is 1. The molecule has 2 N–H and O–H groups in total. The zero-order chi connectivity index (χ0) is 8.10. The van der Waals surface area contributed by atoms with Crippen molar-refractivity contribution in [3.63, 3.8) is 0 Å². The van der Waals surface area contributed by atoms with Crippen molar-refractivity contribution in [1.82, 2.24) is 0 Å². The minimum Gasteiger partial charge on any atom is -0.330 e. The van der Waals surface area contributed by atoms with Crippen molar-refractivity contribution in [3.8, 4) is 0 Å². The largest absolute Gasteiger partial charge is 0.330 e. The van der Waals surface area contributed by atoms with E-state index in [2.05, 4.69) is 19.1 Å². The first kappa shape index (κ1) is 8.28. The fourth-order valence-electron chi connectivity index (χ4n) is 1.20. The van der Waals surface area contributed by atoms with Crippen LogP contribution in [-0.4, -0.2) is 6.54 Å². The van der Waals surface area contributed by atoms with Gasteiger partial charge in [-0.15, -0.1) is 0 Å².